The van der Waals surface area contributed by atoms with Gasteiger partial charge < -0.3 is 5.11 Å². The lowest BCUT2D eigenvalue weighted by molar-refractivity contribution is 0.410. The molecule has 0 aromatic heterocycles. The van der Waals surface area contributed by atoms with Crippen LogP contribution in [0.3, 0.4) is 0 Å². The van der Waals surface area contributed by atoms with Crippen LogP contribution >= 0.6 is 0 Å². The second-order valence-electron chi connectivity index (χ2n) is 3.24. The van der Waals surface area contributed by atoms with Gasteiger partial charge in [0.05, 0.1) is 6.04 Å². The third-order valence-electron chi connectivity index (χ3n) is 2.27. The molecule has 3 N–H and O–H groups in total. The van der Waals surface area contributed by atoms with Gasteiger partial charge in [0.1, 0.15) is 5.82 Å². The van der Waals surface area contributed by atoms with Gasteiger partial charge in [0.15, 0.2) is 11.6 Å². The zero-order valence-electron chi connectivity index (χ0n) is 7.35. The largest absolute Gasteiger partial charge is 0.505 e. The van der Waals surface area contributed by atoms with E-state index in [1.165, 1.54) is 0 Å². The Bertz CT molecular complexity index is 351. The third kappa shape index (κ3) is 1.56. The molecular formula is C9H10F2N2O. The average molecular weight is 200 g/mol. The van der Waals surface area contributed by atoms with E-state index in [2.05, 4.69) is 10.9 Å². The maximum Gasteiger partial charge on any atom is 0.168 e. The summed E-state index contributed by atoms with van der Waals surface area (Å²) in [4.78, 5) is 0. The molecule has 1 aliphatic rings. The third-order valence-corrected chi connectivity index (χ3v) is 2.27. The molecule has 0 spiro atoms. The van der Waals surface area contributed by atoms with Crippen molar-refractivity contribution in [3.8, 4) is 5.75 Å². The Morgan fingerprint density at radius 1 is 1.36 bits per heavy atom. The van der Waals surface area contributed by atoms with Crippen LogP contribution in [0.25, 0.3) is 0 Å². The number of aromatic hydroxyl groups is 1. The molecule has 0 bridgehead atoms. The summed E-state index contributed by atoms with van der Waals surface area (Å²) in [6.07, 6.45) is 0.691. The summed E-state index contributed by atoms with van der Waals surface area (Å²) in [5.74, 6) is -2.08. The van der Waals surface area contributed by atoms with Gasteiger partial charge in [0.2, 0.25) is 0 Å². The molecular weight excluding hydrogens is 190 g/mol. The summed E-state index contributed by atoms with van der Waals surface area (Å²) in [7, 11) is 0. The summed E-state index contributed by atoms with van der Waals surface area (Å²) < 4.78 is 25.8. The number of phenols is 1. The summed E-state index contributed by atoms with van der Waals surface area (Å²) in [6.45, 7) is 0.711. The highest BCUT2D eigenvalue weighted by atomic mass is 19.1. The molecule has 1 aromatic rings. The van der Waals surface area contributed by atoms with Gasteiger partial charge in [-0.05, 0) is 12.5 Å². The SMILES string of the molecule is Oc1c(F)cc(F)cc1[C@H]1CCNN1. The molecule has 0 aliphatic carbocycles. The van der Waals surface area contributed by atoms with Crippen LogP contribution in [0.1, 0.15) is 18.0 Å². The molecule has 1 aromatic carbocycles. The van der Waals surface area contributed by atoms with Crippen molar-refractivity contribution in [2.75, 3.05) is 6.54 Å². The lowest BCUT2D eigenvalue weighted by Crippen LogP contribution is -2.24. The summed E-state index contributed by atoms with van der Waals surface area (Å²) >= 11 is 0. The quantitative estimate of drug-likeness (QED) is 0.638. The first-order valence-electron chi connectivity index (χ1n) is 4.35. The van der Waals surface area contributed by atoms with E-state index in [0.717, 1.165) is 6.07 Å². The molecule has 0 radical (unpaired) electrons. The highest BCUT2D eigenvalue weighted by molar-refractivity contribution is 5.37. The number of nitrogens with one attached hydrogen (secondary N) is 2. The minimum atomic E-state index is -0.923. The summed E-state index contributed by atoms with van der Waals surface area (Å²) in [5, 5.41) is 9.37. The Morgan fingerprint density at radius 2 is 2.14 bits per heavy atom. The molecule has 2 rings (SSSR count). The van der Waals surface area contributed by atoms with Crippen molar-refractivity contribution in [1.29, 1.82) is 0 Å². The first-order chi connectivity index (χ1) is 6.68. The standard InChI is InChI=1S/C9H10F2N2O/c10-5-3-6(8-1-2-12-13-8)9(14)7(11)4-5/h3-4,8,12-14H,1-2H2/t8-/m1/s1. The number of hydrogen-bond acceptors (Lipinski definition) is 3. The predicted octanol–water partition coefficient (Wildman–Crippen LogP) is 1.21. The van der Waals surface area contributed by atoms with E-state index in [9.17, 15) is 13.9 Å². The fourth-order valence-electron chi connectivity index (χ4n) is 1.57. The number of halogens is 2. The smallest absolute Gasteiger partial charge is 0.168 e. The van der Waals surface area contributed by atoms with Crippen molar-refractivity contribution in [1.82, 2.24) is 10.9 Å². The van der Waals surface area contributed by atoms with Gasteiger partial charge in [-0.3, -0.25) is 10.9 Å². The molecule has 0 unspecified atom stereocenters. The topological polar surface area (TPSA) is 44.3 Å². The fraction of sp³-hybridized carbons (Fsp3) is 0.333. The van der Waals surface area contributed by atoms with Crippen LogP contribution in [-0.2, 0) is 0 Å². The second kappa shape index (κ2) is 3.51. The number of benzene rings is 1. The average Bonchev–Trinajstić information content (AvgIpc) is 2.63. The maximum absolute atomic E-state index is 13.0. The zero-order valence-corrected chi connectivity index (χ0v) is 7.35. The van der Waals surface area contributed by atoms with E-state index in [-0.39, 0.29) is 11.6 Å². The zero-order chi connectivity index (χ0) is 10.1. The molecule has 1 atom stereocenters. The van der Waals surface area contributed by atoms with Crippen LogP contribution in [-0.4, -0.2) is 11.7 Å². The fourth-order valence-corrected chi connectivity index (χ4v) is 1.57. The Balaban J connectivity index is 2.40. The molecule has 14 heavy (non-hydrogen) atoms. The van der Waals surface area contributed by atoms with Crippen LogP contribution in [0.5, 0.6) is 5.75 Å². The van der Waals surface area contributed by atoms with Crippen molar-refractivity contribution in [2.45, 2.75) is 12.5 Å². The van der Waals surface area contributed by atoms with E-state index >= 15 is 0 Å². The van der Waals surface area contributed by atoms with Gasteiger partial charge in [-0.1, -0.05) is 0 Å². The van der Waals surface area contributed by atoms with Gasteiger partial charge in [0.25, 0.3) is 0 Å². The van der Waals surface area contributed by atoms with Gasteiger partial charge in [-0.2, -0.15) is 0 Å². The van der Waals surface area contributed by atoms with Crippen molar-refractivity contribution < 1.29 is 13.9 Å². The number of phenolic OH excluding ortho intramolecular Hbond substituents is 1. The minimum Gasteiger partial charge on any atom is -0.505 e. The summed E-state index contributed by atoms with van der Waals surface area (Å²) in [5.41, 5.74) is 5.91. The maximum atomic E-state index is 13.0. The normalized spacial score (nSPS) is 21.4. The Labute approximate surface area is 79.7 Å². The van der Waals surface area contributed by atoms with E-state index in [4.69, 9.17) is 0 Å². The molecule has 5 heteroatoms. The highest BCUT2D eigenvalue weighted by Crippen LogP contribution is 2.30. The molecule has 1 saturated heterocycles. The molecule has 0 saturated carbocycles. The van der Waals surface area contributed by atoms with Crippen molar-refractivity contribution in [2.24, 2.45) is 0 Å². The van der Waals surface area contributed by atoms with E-state index < -0.39 is 17.4 Å². The number of hydrazine groups is 1. The van der Waals surface area contributed by atoms with Crippen LogP contribution in [0.15, 0.2) is 12.1 Å². The number of hydrogen-bond donors (Lipinski definition) is 3. The first-order valence-corrected chi connectivity index (χ1v) is 4.35. The molecule has 0 amide bonds. The van der Waals surface area contributed by atoms with E-state index in [1.807, 2.05) is 0 Å². The van der Waals surface area contributed by atoms with Crippen molar-refractivity contribution >= 4 is 0 Å². The van der Waals surface area contributed by atoms with Gasteiger partial charge in [0, 0.05) is 18.2 Å². The lowest BCUT2D eigenvalue weighted by Gasteiger charge is -2.12. The first kappa shape index (κ1) is 9.36. The minimum absolute atomic E-state index is 0.236. The van der Waals surface area contributed by atoms with Crippen LogP contribution in [0, 0.1) is 11.6 Å². The van der Waals surface area contributed by atoms with Crippen LogP contribution in [0.2, 0.25) is 0 Å². The lowest BCUT2D eigenvalue weighted by atomic mass is 10.0. The Hall–Kier alpha value is -1.20. The Kier molecular flexibility index (Phi) is 2.35. The predicted molar refractivity (Wildman–Crippen MR) is 46.5 cm³/mol. The van der Waals surface area contributed by atoms with Gasteiger partial charge >= 0.3 is 0 Å². The van der Waals surface area contributed by atoms with Gasteiger partial charge in [-0.15, -0.1) is 0 Å². The molecule has 1 heterocycles. The van der Waals surface area contributed by atoms with E-state index in [1.54, 1.807) is 0 Å². The van der Waals surface area contributed by atoms with Crippen LogP contribution in [0.4, 0.5) is 8.78 Å². The van der Waals surface area contributed by atoms with Crippen LogP contribution < -0.4 is 10.9 Å². The molecule has 3 nitrogen and oxygen atoms in total. The highest BCUT2D eigenvalue weighted by Gasteiger charge is 2.21. The summed E-state index contributed by atoms with van der Waals surface area (Å²) in [6, 6.07) is 1.57. The van der Waals surface area contributed by atoms with Crippen molar-refractivity contribution in [3.05, 3.63) is 29.3 Å². The van der Waals surface area contributed by atoms with Crippen molar-refractivity contribution in [3.63, 3.8) is 0 Å². The Morgan fingerprint density at radius 3 is 2.79 bits per heavy atom. The number of rotatable bonds is 1. The molecule has 1 aliphatic heterocycles. The molecule has 1 fully saturated rings. The monoisotopic (exact) mass is 200 g/mol. The second-order valence-corrected chi connectivity index (χ2v) is 3.24. The van der Waals surface area contributed by atoms with Gasteiger partial charge in [-0.25, -0.2) is 8.78 Å². The molecule has 76 valence electrons. The van der Waals surface area contributed by atoms with E-state index in [0.29, 0.717) is 19.0 Å².